The van der Waals surface area contributed by atoms with Gasteiger partial charge in [-0.15, -0.1) is 0 Å². The summed E-state index contributed by atoms with van der Waals surface area (Å²) in [6.45, 7) is 1.63. The number of rotatable bonds is 6. The molecular weight excluding hydrogens is 230 g/mol. The number of benzene rings is 1. The van der Waals surface area contributed by atoms with Gasteiger partial charge < -0.3 is 20.3 Å². The number of nitrogens with one attached hydrogen (secondary N) is 2. The number of amides is 2. The number of carbonyl (C=O) groups is 1. The fraction of sp³-hybridized carbons (Fsp3) is 0.462. The second kappa shape index (κ2) is 7.55. The monoisotopic (exact) mass is 251 g/mol. The van der Waals surface area contributed by atoms with Gasteiger partial charge >= 0.3 is 6.03 Å². The third kappa shape index (κ3) is 4.63. The fourth-order valence-corrected chi connectivity index (χ4v) is 1.49. The van der Waals surface area contributed by atoms with E-state index in [1.807, 2.05) is 31.3 Å². The van der Waals surface area contributed by atoms with Gasteiger partial charge in [0.1, 0.15) is 5.75 Å². The highest BCUT2D eigenvalue weighted by molar-refractivity contribution is 5.89. The summed E-state index contributed by atoms with van der Waals surface area (Å²) in [5.74, 6) is 0.773. The van der Waals surface area contributed by atoms with Crippen LogP contribution in [0.5, 0.6) is 5.75 Å². The van der Waals surface area contributed by atoms with Gasteiger partial charge in [-0.2, -0.15) is 0 Å². The van der Waals surface area contributed by atoms with E-state index in [0.29, 0.717) is 0 Å². The van der Waals surface area contributed by atoms with Crippen molar-refractivity contribution in [3.8, 4) is 5.75 Å². The van der Waals surface area contributed by atoms with Gasteiger partial charge in [0.2, 0.25) is 0 Å². The molecule has 0 bridgehead atoms. The van der Waals surface area contributed by atoms with Crippen LogP contribution in [0, 0.1) is 0 Å². The van der Waals surface area contributed by atoms with Crippen molar-refractivity contribution in [3.05, 3.63) is 24.3 Å². The summed E-state index contributed by atoms with van der Waals surface area (Å²) in [5, 5.41) is 5.88. The number of nitrogens with zero attached hydrogens (tertiary/aromatic N) is 1. The Morgan fingerprint density at radius 1 is 1.33 bits per heavy atom. The van der Waals surface area contributed by atoms with Gasteiger partial charge in [-0.05, 0) is 44.3 Å². The minimum atomic E-state index is -0.101. The molecule has 2 amide bonds. The predicted octanol–water partition coefficient (Wildman–Crippen LogP) is 1.77. The van der Waals surface area contributed by atoms with Crippen molar-refractivity contribution in [1.82, 2.24) is 10.2 Å². The van der Waals surface area contributed by atoms with E-state index in [1.54, 1.807) is 19.1 Å². The molecule has 0 aliphatic carbocycles. The van der Waals surface area contributed by atoms with Crippen molar-refractivity contribution in [2.24, 2.45) is 0 Å². The molecule has 0 fully saturated rings. The van der Waals surface area contributed by atoms with E-state index < -0.39 is 0 Å². The van der Waals surface area contributed by atoms with Gasteiger partial charge in [0.25, 0.3) is 0 Å². The first-order valence-corrected chi connectivity index (χ1v) is 5.98. The van der Waals surface area contributed by atoms with E-state index in [2.05, 4.69) is 10.6 Å². The Balaban J connectivity index is 2.42. The lowest BCUT2D eigenvalue weighted by molar-refractivity contribution is 0.222. The molecular formula is C13H21N3O2. The van der Waals surface area contributed by atoms with Gasteiger partial charge in [0, 0.05) is 19.3 Å². The summed E-state index contributed by atoms with van der Waals surface area (Å²) < 4.78 is 5.06. The highest BCUT2D eigenvalue weighted by Crippen LogP contribution is 2.15. The Bertz CT molecular complexity index is 365. The van der Waals surface area contributed by atoms with E-state index in [-0.39, 0.29) is 6.03 Å². The van der Waals surface area contributed by atoms with Crippen LogP contribution in [-0.2, 0) is 0 Å². The number of hydrogen-bond donors (Lipinski definition) is 2. The molecule has 0 atom stereocenters. The normalized spacial score (nSPS) is 9.94. The lowest BCUT2D eigenvalue weighted by Crippen LogP contribution is -2.33. The molecule has 5 nitrogen and oxygen atoms in total. The van der Waals surface area contributed by atoms with Crippen molar-refractivity contribution in [2.75, 3.05) is 39.6 Å². The highest BCUT2D eigenvalue weighted by atomic mass is 16.5. The minimum Gasteiger partial charge on any atom is -0.497 e. The van der Waals surface area contributed by atoms with E-state index in [1.165, 1.54) is 0 Å². The first-order chi connectivity index (χ1) is 8.67. The molecule has 0 saturated heterocycles. The zero-order valence-corrected chi connectivity index (χ0v) is 11.2. The third-order valence-electron chi connectivity index (χ3n) is 2.61. The Morgan fingerprint density at radius 2 is 2.00 bits per heavy atom. The highest BCUT2D eigenvalue weighted by Gasteiger charge is 2.07. The standard InChI is InChI=1S/C13H21N3O2/c1-14-9-4-10-16(2)13(17)15-11-5-7-12(18-3)8-6-11/h5-8,14H,4,9-10H2,1-3H3,(H,15,17). The molecule has 5 heteroatoms. The molecule has 0 heterocycles. The van der Waals surface area contributed by atoms with Crippen LogP contribution in [0.15, 0.2) is 24.3 Å². The molecule has 0 radical (unpaired) electrons. The van der Waals surface area contributed by atoms with E-state index in [9.17, 15) is 4.79 Å². The SMILES string of the molecule is CNCCCN(C)C(=O)Nc1ccc(OC)cc1. The third-order valence-corrected chi connectivity index (χ3v) is 2.61. The van der Waals surface area contributed by atoms with Crippen LogP contribution in [-0.4, -0.2) is 45.2 Å². The topological polar surface area (TPSA) is 53.6 Å². The Morgan fingerprint density at radius 3 is 2.56 bits per heavy atom. The average Bonchev–Trinajstić information content (AvgIpc) is 2.39. The van der Waals surface area contributed by atoms with Crippen molar-refractivity contribution in [1.29, 1.82) is 0 Å². The van der Waals surface area contributed by atoms with Crippen molar-refractivity contribution >= 4 is 11.7 Å². The second-order valence-corrected chi connectivity index (χ2v) is 4.04. The maximum absolute atomic E-state index is 11.8. The second-order valence-electron chi connectivity index (χ2n) is 4.04. The number of carbonyl (C=O) groups excluding carboxylic acids is 1. The summed E-state index contributed by atoms with van der Waals surface area (Å²) in [7, 11) is 5.30. The molecule has 2 N–H and O–H groups in total. The van der Waals surface area contributed by atoms with E-state index in [0.717, 1.165) is 30.9 Å². The van der Waals surface area contributed by atoms with Crippen LogP contribution < -0.4 is 15.4 Å². The molecule has 0 aliphatic rings. The average molecular weight is 251 g/mol. The lowest BCUT2D eigenvalue weighted by atomic mass is 10.3. The maximum Gasteiger partial charge on any atom is 0.321 e. The van der Waals surface area contributed by atoms with E-state index >= 15 is 0 Å². The Hall–Kier alpha value is -1.75. The molecule has 0 aliphatic heterocycles. The molecule has 1 aromatic rings. The van der Waals surface area contributed by atoms with Crippen molar-refractivity contribution in [2.45, 2.75) is 6.42 Å². The Labute approximate surface area is 108 Å². The van der Waals surface area contributed by atoms with Crippen LogP contribution in [0.4, 0.5) is 10.5 Å². The maximum atomic E-state index is 11.8. The molecule has 18 heavy (non-hydrogen) atoms. The van der Waals surface area contributed by atoms with Crippen molar-refractivity contribution in [3.63, 3.8) is 0 Å². The fourth-order valence-electron chi connectivity index (χ4n) is 1.49. The number of anilines is 1. The van der Waals surface area contributed by atoms with E-state index in [4.69, 9.17) is 4.74 Å². The molecule has 0 saturated carbocycles. The largest absolute Gasteiger partial charge is 0.497 e. The number of hydrogen-bond acceptors (Lipinski definition) is 3. The number of ether oxygens (including phenoxy) is 1. The Kier molecular flexibility index (Phi) is 6.00. The molecule has 100 valence electrons. The van der Waals surface area contributed by atoms with Crippen molar-refractivity contribution < 1.29 is 9.53 Å². The van der Waals surface area contributed by atoms with Crippen LogP contribution in [0.2, 0.25) is 0 Å². The van der Waals surface area contributed by atoms with Gasteiger partial charge in [0.15, 0.2) is 0 Å². The number of urea groups is 1. The van der Waals surface area contributed by atoms with Crippen LogP contribution in [0.3, 0.4) is 0 Å². The lowest BCUT2D eigenvalue weighted by Gasteiger charge is -2.17. The van der Waals surface area contributed by atoms with Crippen LogP contribution in [0.25, 0.3) is 0 Å². The molecule has 0 unspecified atom stereocenters. The summed E-state index contributed by atoms with van der Waals surface area (Å²) in [5.41, 5.74) is 0.765. The zero-order chi connectivity index (χ0) is 13.4. The summed E-state index contributed by atoms with van der Waals surface area (Å²) >= 11 is 0. The van der Waals surface area contributed by atoms with Gasteiger partial charge in [-0.1, -0.05) is 0 Å². The minimum absolute atomic E-state index is 0.101. The van der Waals surface area contributed by atoms with Gasteiger partial charge in [-0.3, -0.25) is 0 Å². The van der Waals surface area contributed by atoms with Crippen LogP contribution >= 0.6 is 0 Å². The summed E-state index contributed by atoms with van der Waals surface area (Å²) in [4.78, 5) is 13.5. The number of methoxy groups -OCH3 is 1. The molecule has 0 spiro atoms. The van der Waals surface area contributed by atoms with Gasteiger partial charge in [-0.25, -0.2) is 4.79 Å². The summed E-state index contributed by atoms with van der Waals surface area (Å²) in [6.07, 6.45) is 0.934. The summed E-state index contributed by atoms with van der Waals surface area (Å²) in [6, 6.07) is 7.17. The molecule has 0 aromatic heterocycles. The first-order valence-electron chi connectivity index (χ1n) is 5.98. The first kappa shape index (κ1) is 14.3. The van der Waals surface area contributed by atoms with Crippen LogP contribution in [0.1, 0.15) is 6.42 Å². The molecule has 1 aromatic carbocycles. The predicted molar refractivity (Wildman–Crippen MR) is 73.2 cm³/mol. The molecule has 1 rings (SSSR count). The quantitative estimate of drug-likeness (QED) is 0.758. The zero-order valence-electron chi connectivity index (χ0n) is 11.2. The smallest absolute Gasteiger partial charge is 0.321 e. The van der Waals surface area contributed by atoms with Gasteiger partial charge in [0.05, 0.1) is 7.11 Å².